The van der Waals surface area contributed by atoms with Crippen LogP contribution in [0.25, 0.3) is 0 Å². The maximum Gasteiger partial charge on any atom is 0.115 e. The van der Waals surface area contributed by atoms with E-state index in [2.05, 4.69) is 71.1 Å². The Morgan fingerprint density at radius 3 is 2.70 bits per heavy atom. The van der Waals surface area contributed by atoms with Crippen LogP contribution in [0.5, 0.6) is 0 Å². The third-order valence-corrected chi connectivity index (χ3v) is 6.66. The molecule has 0 saturated carbocycles. The number of hydrogen-bond acceptors (Lipinski definition) is 5. The van der Waals surface area contributed by atoms with Crippen molar-refractivity contribution in [1.29, 1.82) is 0 Å². The van der Waals surface area contributed by atoms with Crippen molar-refractivity contribution in [2.75, 3.05) is 0 Å². The summed E-state index contributed by atoms with van der Waals surface area (Å²) < 4.78 is 1.98. The van der Waals surface area contributed by atoms with E-state index in [0.717, 1.165) is 24.2 Å². The quantitative estimate of drug-likeness (QED) is 0.428. The van der Waals surface area contributed by atoms with E-state index in [1.165, 1.54) is 27.3 Å². The first kappa shape index (κ1) is 18.1. The highest BCUT2D eigenvalue weighted by Gasteiger charge is 2.22. The minimum absolute atomic E-state index is 0.0116. The van der Waals surface area contributed by atoms with Crippen molar-refractivity contribution in [2.24, 2.45) is 0 Å². The number of nitrogens with zero attached hydrogens (tertiary/aromatic N) is 4. The molecule has 4 rings (SSSR count). The lowest BCUT2D eigenvalue weighted by molar-refractivity contribution is 0.575. The summed E-state index contributed by atoms with van der Waals surface area (Å²) in [6.45, 7) is 4.28. The molecule has 0 aliphatic rings. The van der Waals surface area contributed by atoms with Gasteiger partial charge in [-0.05, 0) is 35.9 Å². The zero-order valence-corrected chi connectivity index (χ0v) is 17.1. The summed E-state index contributed by atoms with van der Waals surface area (Å²) in [5.74, 6) is 0. The molecule has 27 heavy (non-hydrogen) atoms. The molecule has 6 heteroatoms. The minimum atomic E-state index is 0.0116. The van der Waals surface area contributed by atoms with Gasteiger partial charge >= 0.3 is 0 Å². The first-order valence-corrected chi connectivity index (χ1v) is 10.9. The molecule has 3 aromatic heterocycles. The molecule has 0 aliphatic heterocycles. The molecule has 3 heterocycles. The third-order valence-electron chi connectivity index (χ3n) is 4.65. The molecule has 1 atom stereocenters. The highest BCUT2D eigenvalue weighted by Crippen LogP contribution is 2.31. The summed E-state index contributed by atoms with van der Waals surface area (Å²) in [6.07, 6.45) is 5.22. The molecule has 0 bridgehead atoms. The van der Waals surface area contributed by atoms with Gasteiger partial charge in [0.1, 0.15) is 6.04 Å². The van der Waals surface area contributed by atoms with E-state index >= 15 is 0 Å². The number of thiophene rings is 1. The summed E-state index contributed by atoms with van der Waals surface area (Å²) in [5.41, 5.74) is 6.53. The van der Waals surface area contributed by atoms with Crippen molar-refractivity contribution < 1.29 is 0 Å². The van der Waals surface area contributed by atoms with Crippen LogP contribution in [0.3, 0.4) is 0 Å². The average Bonchev–Trinajstić information content (AvgIpc) is 3.41. The molecule has 4 aromatic rings. The number of hydrogen-bond donors (Lipinski definition) is 0. The lowest BCUT2D eigenvalue weighted by atomic mass is 10.0. The van der Waals surface area contributed by atoms with E-state index in [1.807, 2.05) is 27.6 Å². The van der Waals surface area contributed by atoms with Gasteiger partial charge in [0.05, 0.1) is 21.8 Å². The molecule has 138 valence electrons. The summed E-state index contributed by atoms with van der Waals surface area (Å²) in [4.78, 5) is 7.12. The van der Waals surface area contributed by atoms with Crippen LogP contribution >= 0.6 is 22.7 Å². The van der Waals surface area contributed by atoms with Crippen LogP contribution in [0.2, 0.25) is 0 Å². The van der Waals surface area contributed by atoms with Crippen molar-refractivity contribution >= 4 is 22.7 Å². The second-order valence-corrected chi connectivity index (χ2v) is 8.49. The van der Waals surface area contributed by atoms with Crippen LogP contribution in [0, 0.1) is 6.92 Å². The van der Waals surface area contributed by atoms with Crippen molar-refractivity contribution in [3.8, 4) is 0 Å². The van der Waals surface area contributed by atoms with Crippen LogP contribution < -0.4 is 0 Å². The lowest BCUT2D eigenvalue weighted by Crippen LogP contribution is -2.13. The molecule has 1 aromatic carbocycles. The van der Waals surface area contributed by atoms with Crippen LogP contribution in [0.4, 0.5) is 0 Å². The van der Waals surface area contributed by atoms with E-state index in [4.69, 9.17) is 0 Å². The SMILES string of the molecule is CCCc1sccc1Cc1cn(C(c2ccccc2)c2scnc2C)nn1. The van der Waals surface area contributed by atoms with Gasteiger partial charge in [0.2, 0.25) is 0 Å². The van der Waals surface area contributed by atoms with Gasteiger partial charge in [-0.15, -0.1) is 27.8 Å². The Morgan fingerprint density at radius 2 is 1.96 bits per heavy atom. The summed E-state index contributed by atoms with van der Waals surface area (Å²) >= 11 is 3.51. The second-order valence-electron chi connectivity index (χ2n) is 6.60. The molecule has 0 spiro atoms. The van der Waals surface area contributed by atoms with Crippen molar-refractivity contribution in [1.82, 2.24) is 20.0 Å². The van der Waals surface area contributed by atoms with Crippen molar-refractivity contribution in [3.05, 3.63) is 85.8 Å². The highest BCUT2D eigenvalue weighted by molar-refractivity contribution is 7.10. The van der Waals surface area contributed by atoms with Gasteiger partial charge in [-0.3, -0.25) is 0 Å². The van der Waals surface area contributed by atoms with Gasteiger partial charge in [-0.25, -0.2) is 9.67 Å². The van der Waals surface area contributed by atoms with Crippen LogP contribution in [-0.2, 0) is 12.8 Å². The predicted molar refractivity (Wildman–Crippen MR) is 112 cm³/mol. The maximum atomic E-state index is 4.50. The van der Waals surface area contributed by atoms with Gasteiger partial charge < -0.3 is 0 Å². The monoisotopic (exact) mass is 394 g/mol. The highest BCUT2D eigenvalue weighted by atomic mass is 32.1. The van der Waals surface area contributed by atoms with E-state index in [1.54, 1.807) is 11.3 Å². The number of aromatic nitrogens is 4. The molecular formula is C21H22N4S2. The predicted octanol–water partition coefficient (Wildman–Crippen LogP) is 5.29. The number of benzene rings is 1. The van der Waals surface area contributed by atoms with E-state index < -0.39 is 0 Å². The van der Waals surface area contributed by atoms with Gasteiger partial charge in [-0.1, -0.05) is 48.9 Å². The molecular weight excluding hydrogens is 372 g/mol. The Labute approximate surface area is 167 Å². The molecule has 0 amide bonds. The maximum absolute atomic E-state index is 4.50. The lowest BCUT2D eigenvalue weighted by Gasteiger charge is -2.16. The second kappa shape index (κ2) is 8.15. The van der Waals surface area contributed by atoms with E-state index in [-0.39, 0.29) is 6.04 Å². The molecule has 1 unspecified atom stereocenters. The van der Waals surface area contributed by atoms with Gasteiger partial charge in [0.15, 0.2) is 0 Å². The Balaban J connectivity index is 1.66. The van der Waals surface area contributed by atoms with Gasteiger partial charge in [0, 0.05) is 17.5 Å². The first-order chi connectivity index (χ1) is 13.3. The third kappa shape index (κ3) is 3.87. The zero-order valence-electron chi connectivity index (χ0n) is 15.5. The van der Waals surface area contributed by atoms with E-state index in [9.17, 15) is 0 Å². The topological polar surface area (TPSA) is 43.6 Å². The van der Waals surface area contributed by atoms with Crippen LogP contribution in [0.15, 0.2) is 53.5 Å². The van der Waals surface area contributed by atoms with Gasteiger partial charge in [-0.2, -0.15) is 0 Å². The fourth-order valence-electron chi connectivity index (χ4n) is 3.32. The number of thiazole rings is 1. The largest absolute Gasteiger partial charge is 0.250 e. The van der Waals surface area contributed by atoms with E-state index in [0.29, 0.717) is 0 Å². The number of rotatable bonds is 7. The molecule has 0 aliphatic carbocycles. The molecule has 0 fully saturated rings. The van der Waals surface area contributed by atoms with Crippen LogP contribution in [0.1, 0.15) is 51.7 Å². The normalized spacial score (nSPS) is 12.4. The van der Waals surface area contributed by atoms with Gasteiger partial charge in [0.25, 0.3) is 0 Å². The smallest absolute Gasteiger partial charge is 0.115 e. The number of aryl methyl sites for hydroxylation is 2. The Bertz CT molecular complexity index is 1000. The standard InChI is InChI=1S/C21H22N4S2/c1-3-7-19-17(10-11-26-19)12-18-13-25(24-23-18)20(16-8-5-4-6-9-16)21-15(2)22-14-27-21/h4-6,8-11,13-14,20H,3,7,12H2,1-2H3. The molecule has 0 N–H and O–H groups in total. The average molecular weight is 395 g/mol. The fourth-order valence-corrected chi connectivity index (χ4v) is 5.25. The van der Waals surface area contributed by atoms with Crippen LogP contribution in [-0.4, -0.2) is 20.0 Å². The first-order valence-electron chi connectivity index (χ1n) is 9.17. The fraction of sp³-hybridized carbons (Fsp3) is 0.286. The molecule has 4 nitrogen and oxygen atoms in total. The Hall–Kier alpha value is -2.31. The summed E-state index contributed by atoms with van der Waals surface area (Å²) in [6, 6.07) is 12.7. The van der Waals surface area contributed by atoms with Crippen molar-refractivity contribution in [3.63, 3.8) is 0 Å². The summed E-state index contributed by atoms with van der Waals surface area (Å²) in [5, 5.41) is 11.2. The molecule has 0 radical (unpaired) electrons. The Morgan fingerprint density at radius 1 is 1.11 bits per heavy atom. The van der Waals surface area contributed by atoms with Crippen molar-refractivity contribution in [2.45, 2.75) is 39.2 Å². The Kier molecular flexibility index (Phi) is 5.45. The minimum Gasteiger partial charge on any atom is -0.250 e. The summed E-state index contributed by atoms with van der Waals surface area (Å²) in [7, 11) is 0. The molecule has 0 saturated heterocycles. The zero-order chi connectivity index (χ0) is 18.6.